The Labute approximate surface area is 137 Å². The zero-order chi connectivity index (χ0) is 15.8. The topological polar surface area (TPSA) is 0 Å². The highest BCUT2D eigenvalue weighted by molar-refractivity contribution is 6.76. The molecular formula is C20H44Si. The minimum atomic E-state index is -0.762. The van der Waals surface area contributed by atoms with Gasteiger partial charge in [0.25, 0.3) is 0 Å². The molecule has 0 bridgehead atoms. The maximum absolute atomic E-state index is 2.50. The predicted molar refractivity (Wildman–Crippen MR) is 103 cm³/mol. The third-order valence-corrected chi connectivity index (χ3v) is 6.38. The Hall–Kier alpha value is 0.217. The van der Waals surface area contributed by atoms with Crippen LogP contribution >= 0.6 is 0 Å². The third kappa shape index (κ3) is 20.2. The first-order valence-electron chi connectivity index (χ1n) is 10.1. The van der Waals surface area contributed by atoms with Crippen molar-refractivity contribution in [1.29, 1.82) is 0 Å². The molecule has 21 heavy (non-hydrogen) atoms. The molecule has 0 aromatic carbocycles. The van der Waals surface area contributed by atoms with Crippen LogP contribution in [0, 0.1) is 0 Å². The smallest absolute Gasteiger partial charge is 0.0442 e. The van der Waals surface area contributed by atoms with Crippen molar-refractivity contribution in [2.75, 3.05) is 0 Å². The first-order chi connectivity index (χ1) is 10.1. The second-order valence-corrected chi connectivity index (χ2v) is 13.9. The molecule has 0 aliphatic heterocycles. The van der Waals surface area contributed by atoms with Crippen LogP contribution in [-0.2, 0) is 0 Å². The predicted octanol–water partition coefficient (Wildman–Crippen LogP) is 8.20. The van der Waals surface area contributed by atoms with Gasteiger partial charge in [-0.1, -0.05) is 129 Å². The van der Waals surface area contributed by atoms with Gasteiger partial charge < -0.3 is 0 Å². The van der Waals surface area contributed by atoms with Crippen molar-refractivity contribution in [3.63, 3.8) is 0 Å². The van der Waals surface area contributed by atoms with E-state index in [1.165, 1.54) is 102 Å². The lowest BCUT2D eigenvalue weighted by molar-refractivity contribution is 0.534. The van der Waals surface area contributed by atoms with Gasteiger partial charge in [-0.3, -0.25) is 0 Å². The maximum Gasteiger partial charge on any atom is 0.0442 e. The molecule has 0 fully saturated rings. The second-order valence-electron chi connectivity index (χ2n) is 8.26. The molecule has 0 unspecified atom stereocenters. The lowest BCUT2D eigenvalue weighted by Gasteiger charge is -2.14. The summed E-state index contributed by atoms with van der Waals surface area (Å²) in [6.45, 7) is 9.79. The van der Waals surface area contributed by atoms with E-state index in [9.17, 15) is 0 Å². The SMILES string of the molecule is CCCCCCCCCCCCCCCCC[Si](C)(C)C. The summed E-state index contributed by atoms with van der Waals surface area (Å²) in [5.41, 5.74) is 0. The number of hydrogen-bond acceptors (Lipinski definition) is 0. The lowest BCUT2D eigenvalue weighted by atomic mass is 10.0. The molecule has 1 heteroatoms. The van der Waals surface area contributed by atoms with Crippen molar-refractivity contribution >= 4 is 8.07 Å². The van der Waals surface area contributed by atoms with E-state index in [4.69, 9.17) is 0 Å². The fraction of sp³-hybridized carbons (Fsp3) is 1.00. The van der Waals surface area contributed by atoms with Crippen molar-refractivity contribution in [3.05, 3.63) is 0 Å². The van der Waals surface area contributed by atoms with E-state index in [1.54, 1.807) is 0 Å². The van der Waals surface area contributed by atoms with Crippen LogP contribution < -0.4 is 0 Å². The minimum Gasteiger partial charge on any atom is -0.0695 e. The average Bonchev–Trinajstić information content (AvgIpc) is 2.42. The molecule has 0 aliphatic carbocycles. The van der Waals surface area contributed by atoms with Crippen molar-refractivity contribution in [1.82, 2.24) is 0 Å². The zero-order valence-electron chi connectivity index (χ0n) is 15.8. The second kappa shape index (κ2) is 15.1. The Balaban J connectivity index is 3.00. The first-order valence-corrected chi connectivity index (χ1v) is 13.8. The largest absolute Gasteiger partial charge is 0.0695 e. The minimum absolute atomic E-state index is 0.762. The van der Waals surface area contributed by atoms with Crippen LogP contribution in [0.2, 0.25) is 25.7 Å². The molecule has 0 rings (SSSR count). The molecule has 0 radical (unpaired) electrons. The normalized spacial score (nSPS) is 12.0. The van der Waals surface area contributed by atoms with Crippen LogP contribution in [0.3, 0.4) is 0 Å². The first kappa shape index (κ1) is 21.2. The summed E-state index contributed by atoms with van der Waals surface area (Å²) < 4.78 is 0. The van der Waals surface area contributed by atoms with Gasteiger partial charge in [0.1, 0.15) is 0 Å². The highest BCUT2D eigenvalue weighted by Crippen LogP contribution is 2.16. The van der Waals surface area contributed by atoms with E-state index in [0.717, 1.165) is 0 Å². The van der Waals surface area contributed by atoms with Gasteiger partial charge in [-0.25, -0.2) is 0 Å². The fourth-order valence-corrected chi connectivity index (χ4v) is 4.34. The quantitative estimate of drug-likeness (QED) is 0.199. The average molecular weight is 313 g/mol. The molecule has 0 amide bonds. The van der Waals surface area contributed by atoms with E-state index in [-0.39, 0.29) is 0 Å². The Kier molecular flexibility index (Phi) is 15.3. The molecule has 0 aromatic rings. The summed E-state index contributed by atoms with van der Waals surface area (Å²) in [5.74, 6) is 0. The summed E-state index contributed by atoms with van der Waals surface area (Å²) >= 11 is 0. The summed E-state index contributed by atoms with van der Waals surface area (Å²) in [5, 5.41) is 0. The van der Waals surface area contributed by atoms with Crippen LogP contribution in [0.5, 0.6) is 0 Å². The third-order valence-electron chi connectivity index (χ3n) is 4.53. The van der Waals surface area contributed by atoms with Crippen molar-refractivity contribution in [2.45, 2.75) is 129 Å². The zero-order valence-corrected chi connectivity index (χ0v) is 16.8. The van der Waals surface area contributed by atoms with Crippen LogP contribution in [0.15, 0.2) is 0 Å². The number of hydrogen-bond donors (Lipinski definition) is 0. The number of unbranched alkanes of at least 4 members (excludes halogenated alkanes) is 14. The van der Waals surface area contributed by atoms with Crippen LogP contribution in [0.1, 0.15) is 103 Å². The summed E-state index contributed by atoms with van der Waals surface area (Å²) in [4.78, 5) is 0. The van der Waals surface area contributed by atoms with Crippen LogP contribution in [0.25, 0.3) is 0 Å². The molecule has 128 valence electrons. The molecule has 0 atom stereocenters. The van der Waals surface area contributed by atoms with E-state index < -0.39 is 8.07 Å². The van der Waals surface area contributed by atoms with Gasteiger partial charge in [-0.15, -0.1) is 0 Å². The standard InChI is InChI=1S/C20H44Si/c1-5-6-7-8-9-10-11-12-13-14-15-16-17-18-19-20-21(2,3)4/h5-20H2,1-4H3. The maximum atomic E-state index is 2.50. The Morgan fingerprint density at radius 1 is 0.429 bits per heavy atom. The van der Waals surface area contributed by atoms with Gasteiger partial charge in [-0.05, 0) is 0 Å². The van der Waals surface area contributed by atoms with Crippen molar-refractivity contribution in [2.24, 2.45) is 0 Å². The molecule has 0 saturated carbocycles. The molecule has 0 aromatic heterocycles. The fourth-order valence-electron chi connectivity index (χ4n) is 3.03. The molecule has 0 nitrogen and oxygen atoms in total. The van der Waals surface area contributed by atoms with Gasteiger partial charge in [0.15, 0.2) is 0 Å². The molecule has 0 heterocycles. The van der Waals surface area contributed by atoms with Gasteiger partial charge in [-0.2, -0.15) is 0 Å². The molecule has 0 saturated heterocycles. The lowest BCUT2D eigenvalue weighted by Crippen LogP contribution is -2.18. The van der Waals surface area contributed by atoms with E-state index in [1.807, 2.05) is 0 Å². The monoisotopic (exact) mass is 312 g/mol. The van der Waals surface area contributed by atoms with Crippen molar-refractivity contribution < 1.29 is 0 Å². The van der Waals surface area contributed by atoms with Gasteiger partial charge in [0.05, 0.1) is 0 Å². The summed E-state index contributed by atoms with van der Waals surface area (Å²) in [6, 6.07) is 1.53. The summed E-state index contributed by atoms with van der Waals surface area (Å²) in [7, 11) is -0.762. The van der Waals surface area contributed by atoms with Crippen LogP contribution in [0.4, 0.5) is 0 Å². The Morgan fingerprint density at radius 2 is 0.714 bits per heavy atom. The van der Waals surface area contributed by atoms with E-state index in [0.29, 0.717) is 0 Å². The van der Waals surface area contributed by atoms with E-state index in [2.05, 4.69) is 26.6 Å². The molecule has 0 aliphatic rings. The molecule has 0 N–H and O–H groups in total. The summed E-state index contributed by atoms with van der Waals surface area (Å²) in [6.07, 6.45) is 22.1. The van der Waals surface area contributed by atoms with Crippen molar-refractivity contribution in [3.8, 4) is 0 Å². The highest BCUT2D eigenvalue weighted by Gasteiger charge is 2.11. The molecular weight excluding hydrogens is 268 g/mol. The highest BCUT2D eigenvalue weighted by atomic mass is 28.3. The van der Waals surface area contributed by atoms with Crippen LogP contribution in [-0.4, -0.2) is 8.07 Å². The Morgan fingerprint density at radius 3 is 1.00 bits per heavy atom. The van der Waals surface area contributed by atoms with Gasteiger partial charge >= 0.3 is 0 Å². The van der Waals surface area contributed by atoms with E-state index >= 15 is 0 Å². The Bertz CT molecular complexity index is 193. The number of rotatable bonds is 16. The van der Waals surface area contributed by atoms with Gasteiger partial charge in [0.2, 0.25) is 0 Å². The van der Waals surface area contributed by atoms with Gasteiger partial charge in [0, 0.05) is 8.07 Å². The molecule has 0 spiro atoms.